The average molecular weight is 381 g/mol. The van der Waals surface area contributed by atoms with Gasteiger partial charge < -0.3 is 9.47 Å². The number of esters is 1. The average Bonchev–Trinajstić information content (AvgIpc) is 2.60. The number of carbonyl (C=O) groups is 1. The van der Waals surface area contributed by atoms with Gasteiger partial charge in [-0.15, -0.1) is 0 Å². The Bertz CT molecular complexity index is 852. The van der Waals surface area contributed by atoms with Gasteiger partial charge in [0.15, 0.2) is 0 Å². The van der Waals surface area contributed by atoms with Crippen molar-refractivity contribution in [3.05, 3.63) is 59.9 Å². The van der Waals surface area contributed by atoms with Crippen LogP contribution in [0.3, 0.4) is 0 Å². The highest BCUT2D eigenvalue weighted by Crippen LogP contribution is 2.15. The highest BCUT2D eigenvalue weighted by molar-refractivity contribution is 7.89. The lowest BCUT2D eigenvalue weighted by Gasteiger charge is -2.14. The molecule has 0 spiro atoms. The number of sulfonamides is 1. The van der Waals surface area contributed by atoms with E-state index in [1.807, 2.05) is 25.1 Å². The van der Waals surface area contributed by atoms with Crippen LogP contribution in [0.25, 0.3) is 0 Å². The zero-order chi connectivity index (χ0) is 19.2. The third kappa shape index (κ3) is 5.53. The first-order valence-electron chi connectivity index (χ1n) is 7.92. The maximum absolute atomic E-state index is 12.9. The molecular weight excluding hydrogens is 361 g/mol. The van der Waals surface area contributed by atoms with Crippen LogP contribution in [0.4, 0.5) is 4.39 Å². The van der Waals surface area contributed by atoms with Crippen LogP contribution in [-0.4, -0.2) is 33.6 Å². The molecule has 8 heteroatoms. The smallest absolute Gasteiger partial charge is 0.324 e. The molecule has 1 atom stereocenters. The molecule has 0 aliphatic rings. The molecule has 2 aromatic carbocycles. The second-order valence-electron chi connectivity index (χ2n) is 5.58. The summed E-state index contributed by atoms with van der Waals surface area (Å²) in [5.41, 5.74) is 0.958. The summed E-state index contributed by atoms with van der Waals surface area (Å²) >= 11 is 0. The Balaban J connectivity index is 1.81. The fourth-order valence-electron chi connectivity index (χ4n) is 2.10. The molecule has 0 saturated carbocycles. The number of rotatable bonds is 8. The minimum Gasteiger partial charge on any atom is -0.490 e. The van der Waals surface area contributed by atoms with E-state index in [-0.39, 0.29) is 18.1 Å². The van der Waals surface area contributed by atoms with Gasteiger partial charge in [0.2, 0.25) is 10.0 Å². The van der Waals surface area contributed by atoms with Crippen molar-refractivity contribution in [3.63, 3.8) is 0 Å². The largest absolute Gasteiger partial charge is 0.490 e. The summed E-state index contributed by atoms with van der Waals surface area (Å²) in [6.07, 6.45) is 0. The summed E-state index contributed by atoms with van der Waals surface area (Å²) in [5.74, 6) is -0.595. The van der Waals surface area contributed by atoms with Crippen molar-refractivity contribution in [3.8, 4) is 5.75 Å². The summed E-state index contributed by atoms with van der Waals surface area (Å²) in [6, 6.07) is 10.6. The number of nitrogens with one attached hydrogen (secondary N) is 1. The van der Waals surface area contributed by atoms with Crippen molar-refractivity contribution in [2.45, 2.75) is 24.8 Å². The number of ether oxygens (including phenoxy) is 2. The Morgan fingerprint density at radius 3 is 2.42 bits per heavy atom. The molecule has 1 unspecified atom stereocenters. The zero-order valence-electron chi connectivity index (χ0n) is 14.4. The molecule has 0 fully saturated rings. The van der Waals surface area contributed by atoms with Crippen LogP contribution in [0, 0.1) is 12.7 Å². The molecule has 0 aliphatic carbocycles. The third-order valence-corrected chi connectivity index (χ3v) is 5.04. The first-order valence-corrected chi connectivity index (χ1v) is 9.41. The molecular formula is C18H20FNO5S. The van der Waals surface area contributed by atoms with E-state index in [0.717, 1.165) is 29.8 Å². The first-order chi connectivity index (χ1) is 12.3. The number of hydrogen-bond donors (Lipinski definition) is 1. The van der Waals surface area contributed by atoms with Crippen molar-refractivity contribution >= 4 is 16.0 Å². The van der Waals surface area contributed by atoms with E-state index in [1.165, 1.54) is 6.92 Å². The maximum Gasteiger partial charge on any atom is 0.324 e. The Kier molecular flexibility index (Phi) is 6.70. The fourth-order valence-corrected chi connectivity index (χ4v) is 3.29. The van der Waals surface area contributed by atoms with Gasteiger partial charge in [-0.05, 0) is 49.7 Å². The molecule has 0 saturated heterocycles. The molecule has 1 N–H and O–H groups in total. The van der Waals surface area contributed by atoms with Crippen molar-refractivity contribution in [2.24, 2.45) is 0 Å². The maximum atomic E-state index is 12.9. The number of para-hydroxylation sites is 1. The van der Waals surface area contributed by atoms with Gasteiger partial charge in [0.05, 0.1) is 4.90 Å². The fraction of sp³-hybridized carbons (Fsp3) is 0.278. The zero-order valence-corrected chi connectivity index (χ0v) is 15.3. The van der Waals surface area contributed by atoms with Gasteiger partial charge >= 0.3 is 5.97 Å². The lowest BCUT2D eigenvalue weighted by atomic mass is 10.2. The summed E-state index contributed by atoms with van der Waals surface area (Å²) in [7, 11) is -3.95. The van der Waals surface area contributed by atoms with E-state index in [4.69, 9.17) is 9.47 Å². The number of aryl methyl sites for hydroxylation is 1. The number of benzene rings is 2. The van der Waals surface area contributed by atoms with Crippen molar-refractivity contribution < 1.29 is 27.1 Å². The molecule has 26 heavy (non-hydrogen) atoms. The van der Waals surface area contributed by atoms with Gasteiger partial charge in [0.1, 0.15) is 30.8 Å². The Hall–Kier alpha value is -2.45. The van der Waals surface area contributed by atoms with Crippen LogP contribution in [0.1, 0.15) is 12.5 Å². The van der Waals surface area contributed by atoms with Crippen LogP contribution in [0.15, 0.2) is 53.4 Å². The number of halogens is 1. The van der Waals surface area contributed by atoms with Crippen molar-refractivity contribution in [1.29, 1.82) is 0 Å². The Labute approximate surface area is 152 Å². The van der Waals surface area contributed by atoms with Gasteiger partial charge in [-0.25, -0.2) is 12.8 Å². The van der Waals surface area contributed by atoms with Crippen LogP contribution in [0.2, 0.25) is 0 Å². The summed E-state index contributed by atoms with van der Waals surface area (Å²) in [4.78, 5) is 11.8. The van der Waals surface area contributed by atoms with Crippen molar-refractivity contribution in [1.82, 2.24) is 4.72 Å². The molecule has 0 aliphatic heterocycles. The van der Waals surface area contributed by atoms with Crippen molar-refractivity contribution in [2.75, 3.05) is 13.2 Å². The number of hydrogen-bond acceptors (Lipinski definition) is 5. The predicted octanol–water partition coefficient (Wildman–Crippen LogP) is 2.42. The van der Waals surface area contributed by atoms with E-state index in [2.05, 4.69) is 4.72 Å². The topological polar surface area (TPSA) is 81.7 Å². The third-order valence-electron chi connectivity index (χ3n) is 3.49. The van der Waals surface area contributed by atoms with Gasteiger partial charge in [0.25, 0.3) is 0 Å². The van der Waals surface area contributed by atoms with Gasteiger partial charge in [-0.1, -0.05) is 18.2 Å². The van der Waals surface area contributed by atoms with Crippen LogP contribution >= 0.6 is 0 Å². The summed E-state index contributed by atoms with van der Waals surface area (Å²) < 4.78 is 49.9. The van der Waals surface area contributed by atoms with Gasteiger partial charge in [-0.2, -0.15) is 4.72 Å². The highest BCUT2D eigenvalue weighted by Gasteiger charge is 2.23. The molecule has 6 nitrogen and oxygen atoms in total. The van der Waals surface area contributed by atoms with E-state index in [0.29, 0.717) is 5.75 Å². The SMILES string of the molecule is Cc1ccccc1OCCOC(=O)C(C)NS(=O)(=O)c1ccc(F)cc1. The summed E-state index contributed by atoms with van der Waals surface area (Å²) in [5, 5.41) is 0. The molecule has 0 radical (unpaired) electrons. The minimum atomic E-state index is -3.95. The molecule has 0 amide bonds. The second kappa shape index (κ2) is 8.77. The van der Waals surface area contributed by atoms with Crippen LogP contribution in [-0.2, 0) is 19.6 Å². The standard InChI is InChI=1S/C18H20FNO5S/c1-13-5-3-4-6-17(13)24-11-12-25-18(21)14(2)20-26(22,23)16-9-7-15(19)8-10-16/h3-10,14,20H,11-12H2,1-2H3. The molecule has 0 heterocycles. The Morgan fingerprint density at radius 1 is 1.12 bits per heavy atom. The first kappa shape index (κ1) is 19.9. The van der Waals surface area contributed by atoms with E-state index in [1.54, 1.807) is 6.07 Å². The molecule has 140 valence electrons. The van der Waals surface area contributed by atoms with Crippen LogP contribution in [0.5, 0.6) is 5.75 Å². The van der Waals surface area contributed by atoms with Gasteiger partial charge in [-0.3, -0.25) is 4.79 Å². The van der Waals surface area contributed by atoms with E-state index < -0.39 is 27.9 Å². The minimum absolute atomic E-state index is 0.0181. The molecule has 0 aromatic heterocycles. The highest BCUT2D eigenvalue weighted by atomic mass is 32.2. The monoisotopic (exact) mass is 381 g/mol. The second-order valence-corrected chi connectivity index (χ2v) is 7.29. The number of carbonyl (C=O) groups excluding carboxylic acids is 1. The quantitative estimate of drug-likeness (QED) is 0.561. The molecule has 2 aromatic rings. The van der Waals surface area contributed by atoms with Crippen LogP contribution < -0.4 is 9.46 Å². The molecule has 0 bridgehead atoms. The lowest BCUT2D eigenvalue weighted by Crippen LogP contribution is -2.39. The summed E-state index contributed by atoms with van der Waals surface area (Å²) in [6.45, 7) is 3.39. The van der Waals surface area contributed by atoms with E-state index >= 15 is 0 Å². The normalized spacial score (nSPS) is 12.4. The molecule has 2 rings (SSSR count). The van der Waals surface area contributed by atoms with Gasteiger partial charge in [0, 0.05) is 0 Å². The van der Waals surface area contributed by atoms with E-state index in [9.17, 15) is 17.6 Å². The Morgan fingerprint density at radius 2 is 1.77 bits per heavy atom. The predicted molar refractivity (Wildman–Crippen MR) is 93.8 cm³/mol. The lowest BCUT2D eigenvalue weighted by molar-refractivity contribution is -0.145.